The van der Waals surface area contributed by atoms with Gasteiger partial charge in [-0.3, -0.25) is 0 Å². The Labute approximate surface area is 672 Å². The molecule has 0 saturated carbocycles. The van der Waals surface area contributed by atoms with E-state index in [1.54, 1.807) is 0 Å². The van der Waals surface area contributed by atoms with Gasteiger partial charge in [-0.25, -0.2) is 0 Å². The molecule has 2 nitrogen and oxygen atoms in total. The van der Waals surface area contributed by atoms with Crippen molar-refractivity contribution >= 4 is 0 Å². The van der Waals surface area contributed by atoms with Crippen molar-refractivity contribution < 1.29 is 9.47 Å². The average Bonchev–Trinajstić information content (AvgIpc) is 0.766. The molecule has 14 rings (SSSR count). The largest absolute Gasteiger partial charge is 0.488 e. The number of hydrogen-bond donors (Lipinski definition) is 0. The Hall–Kier alpha value is -10.2. The van der Waals surface area contributed by atoms with E-state index in [-0.39, 0.29) is 45.7 Å². The van der Waals surface area contributed by atoms with E-state index < -0.39 is 0 Å². The number of fused-ring (bicyclic) bond motifs is 10. The molecule has 0 radical (unpaired) electrons. The zero-order valence-electron chi connectivity index (χ0n) is 70.4. The van der Waals surface area contributed by atoms with Crippen LogP contribution in [0.1, 0.15) is 292 Å². The van der Waals surface area contributed by atoms with Crippen LogP contribution in [0.5, 0.6) is 11.5 Å². The van der Waals surface area contributed by atoms with Crippen molar-refractivity contribution in [2.45, 2.75) is 235 Å². The molecule has 2 heteroatoms. The summed E-state index contributed by atoms with van der Waals surface area (Å²) in [5, 5.41) is 0. The molecule has 112 heavy (non-hydrogen) atoms. The second-order valence-electron chi connectivity index (χ2n) is 38.7. The van der Waals surface area contributed by atoms with Crippen molar-refractivity contribution in [3.63, 3.8) is 0 Å². The van der Waals surface area contributed by atoms with E-state index in [0.717, 1.165) is 72.3 Å². The highest BCUT2D eigenvalue weighted by Gasteiger charge is 2.32. The first kappa shape index (κ1) is 78.5. The van der Waals surface area contributed by atoms with Crippen molar-refractivity contribution in [1.82, 2.24) is 0 Å². The molecule has 0 fully saturated rings. The molecule has 0 aliphatic carbocycles. The molecule has 0 amide bonds. The number of hydrogen-bond acceptors (Lipinski definition) is 2. The Kier molecular flexibility index (Phi) is 22.3. The van der Waals surface area contributed by atoms with Gasteiger partial charge in [0.15, 0.2) is 0 Å². The van der Waals surface area contributed by atoms with Crippen LogP contribution in [-0.4, -0.2) is 0 Å². The fraction of sp³-hybridized carbons (Fsp3) is 0.327. The summed E-state index contributed by atoms with van der Waals surface area (Å²) >= 11 is 0. The van der Waals surface area contributed by atoms with Gasteiger partial charge in [0, 0.05) is 47.9 Å². The van der Waals surface area contributed by atoms with Crippen molar-refractivity contribution in [3.05, 3.63) is 410 Å². The normalized spacial score (nSPS) is 13.6. The van der Waals surface area contributed by atoms with Crippen LogP contribution in [0.3, 0.4) is 0 Å². The maximum atomic E-state index is 8.06. The van der Waals surface area contributed by atoms with Gasteiger partial charge in [-0.2, -0.15) is 0 Å². The van der Waals surface area contributed by atoms with Gasteiger partial charge in [0.05, 0.1) is 0 Å². The fourth-order valence-electron chi connectivity index (χ4n) is 16.8. The first-order chi connectivity index (χ1) is 53.2. The molecular formula is C110H118O2. The second kappa shape index (κ2) is 31.8. The lowest BCUT2D eigenvalue weighted by Crippen LogP contribution is -2.19. The molecule has 2 aliphatic heterocycles. The Bertz CT molecular complexity index is 4890. The second-order valence-corrected chi connectivity index (χ2v) is 38.7. The summed E-state index contributed by atoms with van der Waals surface area (Å²) in [6.45, 7) is 43.9. The molecule has 0 spiro atoms. The summed E-state index contributed by atoms with van der Waals surface area (Å²) in [6.07, 6.45) is 7.20. The van der Waals surface area contributed by atoms with E-state index in [1.165, 1.54) is 145 Å². The molecule has 0 unspecified atom stereocenters. The van der Waals surface area contributed by atoms with Crippen LogP contribution >= 0.6 is 0 Å². The molecule has 12 aromatic rings. The van der Waals surface area contributed by atoms with E-state index in [2.05, 4.69) is 379 Å². The molecule has 0 saturated heterocycles. The lowest BCUT2D eigenvalue weighted by Gasteiger charge is -2.30. The van der Waals surface area contributed by atoms with E-state index in [4.69, 9.17) is 9.47 Å². The van der Waals surface area contributed by atoms with Gasteiger partial charge in [-0.15, -0.1) is 0 Å². The predicted molar refractivity (Wildman–Crippen MR) is 472 cm³/mol. The topological polar surface area (TPSA) is 18.5 Å². The van der Waals surface area contributed by atoms with Crippen molar-refractivity contribution in [1.29, 1.82) is 0 Å². The zero-order valence-corrected chi connectivity index (χ0v) is 70.4. The zero-order chi connectivity index (χ0) is 79.1. The summed E-state index contributed by atoms with van der Waals surface area (Å²) in [6, 6.07) is 93.3. The third-order valence-corrected chi connectivity index (χ3v) is 23.7. The van der Waals surface area contributed by atoms with Gasteiger partial charge in [-0.1, -0.05) is 367 Å². The lowest BCUT2D eigenvalue weighted by atomic mass is 9.76. The number of rotatable bonds is 8. The molecule has 0 atom stereocenters. The minimum atomic E-state index is -0.230. The van der Waals surface area contributed by atoms with Crippen molar-refractivity contribution in [3.8, 4) is 23.3 Å². The van der Waals surface area contributed by atoms with E-state index >= 15 is 0 Å². The molecule has 0 N–H and O–H groups in total. The number of ether oxygens (including phenoxy) is 2. The lowest BCUT2D eigenvalue weighted by molar-refractivity contribution is 0.293. The van der Waals surface area contributed by atoms with Crippen LogP contribution in [-0.2, 0) is 110 Å². The van der Waals surface area contributed by atoms with Gasteiger partial charge in [0.2, 0.25) is 0 Å². The van der Waals surface area contributed by atoms with E-state index in [1.807, 2.05) is 0 Å². The smallest absolute Gasteiger partial charge is 0.126 e. The highest BCUT2D eigenvalue weighted by molar-refractivity contribution is 5.62. The van der Waals surface area contributed by atoms with Crippen LogP contribution < -0.4 is 9.47 Å². The van der Waals surface area contributed by atoms with E-state index in [9.17, 15) is 0 Å². The summed E-state index contributed by atoms with van der Waals surface area (Å²) in [5.74, 6) is 9.44. The first-order valence-electron chi connectivity index (χ1n) is 41.2. The Morgan fingerprint density at radius 2 is 0.429 bits per heavy atom. The van der Waals surface area contributed by atoms with E-state index in [0.29, 0.717) is 25.7 Å². The predicted octanol–water partition coefficient (Wildman–Crippen LogP) is 26.6. The summed E-state index contributed by atoms with van der Waals surface area (Å²) in [5.41, 5.74) is 36.9. The van der Waals surface area contributed by atoms with Gasteiger partial charge >= 0.3 is 0 Å². The highest BCUT2D eigenvalue weighted by Crippen LogP contribution is 2.45. The van der Waals surface area contributed by atoms with Gasteiger partial charge in [0.25, 0.3) is 0 Å². The molecule has 2 aliphatic rings. The van der Waals surface area contributed by atoms with Crippen LogP contribution in [0, 0.1) is 11.8 Å². The Morgan fingerprint density at radius 1 is 0.223 bits per heavy atom. The van der Waals surface area contributed by atoms with Crippen LogP contribution in [0.25, 0.3) is 0 Å². The van der Waals surface area contributed by atoms with Crippen molar-refractivity contribution in [2.75, 3.05) is 0 Å². The SMILES string of the molecule is CC(C)(C)c1cc2c(Cc3ccccc3)c(c1)Cc1cc(C(C)(C)C)cc3c1OCc1cccc(c1C#Cc1ccccc1)COc1c(cc(C(C)(C)C)cc1Cc1cc(C(C)(C)C)cc(c1Cc1ccccc1)Cc1cc(C(C)(C)C)cc(c1Cc1ccccc1)C3)Cc1cc(C(C)(C)C)cc(c1Cc1ccccc1)C2. The maximum Gasteiger partial charge on any atom is 0.126 e. The molecule has 570 valence electrons. The molecule has 12 bridgehead atoms. The Balaban J connectivity index is 1.19. The summed E-state index contributed by atoms with van der Waals surface area (Å²) in [7, 11) is 0. The molecule has 2 heterocycles. The standard InChI is InChI=1S/C110H118O2/c1-105(2,3)92-59-80-53-81-60-93(106(4,5)6)64-85(100(81)50-75-39-28-21-29-40-75)56-90-69-97(110(16,17)18)70-91-58-87-66-95(108(10,11)12)62-83(102(87)52-77-43-32-23-33-44-77)54-82-61-94(107(7,8)9)65-86(101(82)51-76-41-30-22-31-42-76)57-89-68-96(109(13,14)15)67-88(55-84(63-92)99(80)49-74-37-26-20-27-38-74)103(89)111-71-78-45-34-46-79(72-112-104(90)91)98(78)48-47-73-35-24-19-25-36-73/h19-46,59-70H,49-58,71-72H2,1-18H3. The summed E-state index contributed by atoms with van der Waals surface area (Å²) in [4.78, 5) is 0. The van der Waals surface area contributed by atoms with Crippen molar-refractivity contribution in [2.24, 2.45) is 0 Å². The van der Waals surface area contributed by atoms with Gasteiger partial charge < -0.3 is 9.47 Å². The Morgan fingerprint density at radius 3 is 0.652 bits per heavy atom. The van der Waals surface area contributed by atoms with Crippen LogP contribution in [0.2, 0.25) is 0 Å². The van der Waals surface area contributed by atoms with Crippen LogP contribution in [0.4, 0.5) is 0 Å². The third-order valence-electron chi connectivity index (χ3n) is 23.7. The molecule has 0 aromatic heterocycles. The fourth-order valence-corrected chi connectivity index (χ4v) is 16.8. The number of benzene rings is 12. The molecule has 12 aromatic carbocycles. The van der Waals surface area contributed by atoms with Gasteiger partial charge in [-0.05, 0) is 228 Å². The molecular weight excluding hydrogens is 1350 g/mol. The average molecular weight is 1470 g/mol. The van der Waals surface area contributed by atoms with Crippen LogP contribution in [0.15, 0.2) is 243 Å². The highest BCUT2D eigenvalue weighted by atomic mass is 16.5. The first-order valence-corrected chi connectivity index (χ1v) is 41.2. The summed E-state index contributed by atoms with van der Waals surface area (Å²) < 4.78 is 16.1. The van der Waals surface area contributed by atoms with Gasteiger partial charge in [0.1, 0.15) is 24.7 Å². The maximum absolute atomic E-state index is 8.06. The quantitative estimate of drug-likeness (QED) is 0.141. The monoisotopic (exact) mass is 1470 g/mol. The minimum absolute atomic E-state index is 0.190. The third kappa shape index (κ3) is 18.3. The minimum Gasteiger partial charge on any atom is -0.488 e.